The Morgan fingerprint density at radius 1 is 1.17 bits per heavy atom. The molecule has 0 unspecified atom stereocenters. The molecule has 2 N–H and O–H groups in total. The van der Waals surface area contributed by atoms with Gasteiger partial charge in [-0.25, -0.2) is 13.6 Å². The molecule has 0 aromatic heterocycles. The summed E-state index contributed by atoms with van der Waals surface area (Å²) in [6.07, 6.45) is 2.32. The van der Waals surface area contributed by atoms with Crippen molar-refractivity contribution in [1.82, 2.24) is 0 Å². The van der Waals surface area contributed by atoms with Crippen molar-refractivity contribution < 1.29 is 8.42 Å². The molecular weight excluding hydrogens is 394 g/mol. The molecule has 0 bridgehead atoms. The van der Waals surface area contributed by atoms with Gasteiger partial charge in [0, 0.05) is 16.0 Å². The fourth-order valence-electron chi connectivity index (χ4n) is 2.26. The lowest BCUT2D eigenvalue weighted by Gasteiger charge is -2.15. The Bertz CT molecular complexity index is 790. The third-order valence-electron chi connectivity index (χ3n) is 3.27. The molecule has 0 spiro atoms. The summed E-state index contributed by atoms with van der Waals surface area (Å²) in [6, 6.07) is 13.4. The normalized spacial score (nSPS) is 11.4. The molecule has 0 aliphatic carbocycles. The van der Waals surface area contributed by atoms with Crippen molar-refractivity contribution in [3.63, 3.8) is 0 Å². The van der Waals surface area contributed by atoms with Crippen molar-refractivity contribution in [2.75, 3.05) is 5.75 Å². The average Bonchev–Trinajstić information content (AvgIpc) is 2.53. The molecule has 0 saturated heterocycles. The summed E-state index contributed by atoms with van der Waals surface area (Å²) in [7, 11) is -3.79. The highest BCUT2D eigenvalue weighted by atomic mass is 79.9. The molecule has 2 aromatic carbocycles. The molecule has 0 saturated carbocycles. The van der Waals surface area contributed by atoms with Gasteiger partial charge in [-0.05, 0) is 35.2 Å². The van der Waals surface area contributed by atoms with Crippen LogP contribution in [0, 0.1) is 0 Å². The maximum absolute atomic E-state index is 12.1. The number of halogens is 1. The van der Waals surface area contributed by atoms with Crippen molar-refractivity contribution in [3.05, 3.63) is 71.8 Å². The summed E-state index contributed by atoms with van der Waals surface area (Å²) in [5.41, 5.74) is 2.68. The second-order valence-corrected chi connectivity index (χ2v) is 8.16. The number of hydrogen-bond acceptors (Lipinski definition) is 3. The summed E-state index contributed by atoms with van der Waals surface area (Å²) in [5.74, 6) is 0.706. The summed E-state index contributed by atoms with van der Waals surface area (Å²) in [5, 5.41) is 6.03. The number of sulfonamides is 1. The maximum Gasteiger partial charge on any atom is 0.238 e. The van der Waals surface area contributed by atoms with Crippen LogP contribution >= 0.6 is 27.7 Å². The highest BCUT2D eigenvalue weighted by Gasteiger charge is 2.19. The molecule has 23 heavy (non-hydrogen) atoms. The molecule has 0 fully saturated rings. The first-order chi connectivity index (χ1) is 11.0. The minimum Gasteiger partial charge on any atom is -0.225 e. The van der Waals surface area contributed by atoms with Crippen molar-refractivity contribution in [3.8, 4) is 0 Å². The first-order valence-corrected chi connectivity index (χ1v) is 10.6. The van der Waals surface area contributed by atoms with Crippen LogP contribution in [0.15, 0.2) is 64.9 Å². The van der Waals surface area contributed by atoms with E-state index in [1.807, 2.05) is 36.4 Å². The zero-order valence-electron chi connectivity index (χ0n) is 12.5. The number of alkyl halides is 1. The van der Waals surface area contributed by atoms with Crippen LogP contribution in [-0.2, 0) is 21.8 Å². The summed E-state index contributed by atoms with van der Waals surface area (Å²) in [4.78, 5) is 1.12. The lowest BCUT2D eigenvalue weighted by atomic mass is 10.0. The smallest absolute Gasteiger partial charge is 0.225 e. The lowest BCUT2D eigenvalue weighted by Crippen LogP contribution is -2.16. The largest absolute Gasteiger partial charge is 0.238 e. The summed E-state index contributed by atoms with van der Waals surface area (Å²) in [6.45, 7) is 3.73. The Hall–Kier alpha value is -1.08. The second kappa shape index (κ2) is 8.15. The number of thioether (sulfide) groups is 1. The van der Waals surface area contributed by atoms with Gasteiger partial charge in [-0.2, -0.15) is 0 Å². The highest BCUT2D eigenvalue weighted by molar-refractivity contribution is 9.08. The minimum absolute atomic E-state index is 0.199. The zero-order valence-corrected chi connectivity index (χ0v) is 15.8. The number of rotatable bonds is 7. The van der Waals surface area contributed by atoms with E-state index in [9.17, 15) is 8.42 Å². The van der Waals surface area contributed by atoms with Gasteiger partial charge in [0.2, 0.25) is 10.0 Å². The molecule has 3 nitrogen and oxygen atoms in total. The molecule has 0 heterocycles. The molecule has 0 atom stereocenters. The van der Waals surface area contributed by atoms with Crippen LogP contribution in [0.1, 0.15) is 16.7 Å². The molecular formula is C17H18BrNO2S2. The topological polar surface area (TPSA) is 60.2 Å². The van der Waals surface area contributed by atoms with Gasteiger partial charge in [0.15, 0.2) is 0 Å². The van der Waals surface area contributed by atoms with E-state index in [1.165, 1.54) is 0 Å². The summed E-state index contributed by atoms with van der Waals surface area (Å²) < 4.78 is 24.1. The van der Waals surface area contributed by atoms with Crippen LogP contribution in [0.4, 0.5) is 0 Å². The van der Waals surface area contributed by atoms with Gasteiger partial charge < -0.3 is 0 Å². The van der Waals surface area contributed by atoms with E-state index in [0.717, 1.165) is 21.6 Å². The minimum atomic E-state index is -3.79. The van der Waals surface area contributed by atoms with E-state index in [1.54, 1.807) is 23.9 Å². The maximum atomic E-state index is 12.1. The Labute approximate surface area is 150 Å². The van der Waals surface area contributed by atoms with Crippen LogP contribution < -0.4 is 5.14 Å². The molecule has 0 amide bonds. The Balaban J connectivity index is 2.60. The SMILES string of the molecule is C=CCSc1cc(CBr)cc(S(N)(=O)=O)c1Cc1ccccc1. The first-order valence-electron chi connectivity index (χ1n) is 6.98. The van der Waals surface area contributed by atoms with Gasteiger partial charge in [-0.1, -0.05) is 52.3 Å². The number of benzene rings is 2. The fraction of sp³-hybridized carbons (Fsp3) is 0.176. The Kier molecular flexibility index (Phi) is 6.47. The zero-order chi connectivity index (χ0) is 16.9. The third-order valence-corrected chi connectivity index (χ3v) is 5.97. The van der Waals surface area contributed by atoms with E-state index in [2.05, 4.69) is 22.5 Å². The molecule has 0 aliphatic heterocycles. The number of primary sulfonamides is 1. The van der Waals surface area contributed by atoms with E-state index in [-0.39, 0.29) is 4.90 Å². The van der Waals surface area contributed by atoms with Gasteiger partial charge in [0.1, 0.15) is 0 Å². The first kappa shape index (κ1) is 18.3. The van der Waals surface area contributed by atoms with Crippen molar-refractivity contribution >= 4 is 37.7 Å². The molecule has 122 valence electrons. The van der Waals surface area contributed by atoms with E-state index in [0.29, 0.717) is 17.5 Å². The average molecular weight is 412 g/mol. The van der Waals surface area contributed by atoms with Gasteiger partial charge in [0.25, 0.3) is 0 Å². The van der Waals surface area contributed by atoms with Gasteiger partial charge >= 0.3 is 0 Å². The summed E-state index contributed by atoms with van der Waals surface area (Å²) >= 11 is 4.95. The van der Waals surface area contributed by atoms with Crippen LogP contribution in [-0.4, -0.2) is 14.2 Å². The second-order valence-electron chi connectivity index (χ2n) is 5.01. The number of nitrogens with two attached hydrogens (primary N) is 1. The van der Waals surface area contributed by atoms with E-state index < -0.39 is 10.0 Å². The van der Waals surface area contributed by atoms with Gasteiger partial charge in [-0.3, -0.25) is 0 Å². The van der Waals surface area contributed by atoms with Crippen LogP contribution in [0.3, 0.4) is 0 Å². The predicted molar refractivity (Wildman–Crippen MR) is 101 cm³/mol. The fourth-order valence-corrected chi connectivity index (χ4v) is 4.37. The highest BCUT2D eigenvalue weighted by Crippen LogP contribution is 2.32. The Morgan fingerprint density at radius 2 is 1.87 bits per heavy atom. The van der Waals surface area contributed by atoms with Crippen molar-refractivity contribution in [2.24, 2.45) is 5.14 Å². The van der Waals surface area contributed by atoms with Gasteiger partial charge in [0.05, 0.1) is 4.90 Å². The van der Waals surface area contributed by atoms with Crippen molar-refractivity contribution in [1.29, 1.82) is 0 Å². The monoisotopic (exact) mass is 411 g/mol. The quantitative estimate of drug-likeness (QED) is 0.423. The molecule has 0 aliphatic rings. The standard InChI is InChI=1S/C17H18BrNO2S2/c1-2-8-22-16-10-14(12-18)11-17(23(19,20)21)15(16)9-13-6-4-3-5-7-13/h2-7,10-11H,1,8-9,12H2,(H2,19,20,21). The van der Waals surface area contributed by atoms with E-state index >= 15 is 0 Å². The van der Waals surface area contributed by atoms with Crippen LogP contribution in [0.5, 0.6) is 0 Å². The third kappa shape index (κ3) is 4.94. The molecule has 0 radical (unpaired) electrons. The van der Waals surface area contributed by atoms with Crippen LogP contribution in [0.2, 0.25) is 0 Å². The number of hydrogen-bond donors (Lipinski definition) is 1. The molecule has 2 rings (SSSR count). The Morgan fingerprint density at radius 3 is 2.43 bits per heavy atom. The van der Waals surface area contributed by atoms with Crippen LogP contribution in [0.25, 0.3) is 0 Å². The van der Waals surface area contributed by atoms with Crippen molar-refractivity contribution in [2.45, 2.75) is 21.5 Å². The van der Waals surface area contributed by atoms with Gasteiger partial charge in [-0.15, -0.1) is 18.3 Å². The predicted octanol–water partition coefficient (Wildman–Crippen LogP) is 4.10. The molecule has 2 aromatic rings. The molecule has 6 heteroatoms. The van der Waals surface area contributed by atoms with E-state index in [4.69, 9.17) is 5.14 Å². The lowest BCUT2D eigenvalue weighted by molar-refractivity contribution is 0.596.